The van der Waals surface area contributed by atoms with Gasteiger partial charge in [-0.3, -0.25) is 0 Å². The molecule has 0 fully saturated rings. The van der Waals surface area contributed by atoms with E-state index in [2.05, 4.69) is 9.47 Å². The van der Waals surface area contributed by atoms with Crippen LogP contribution in [0.25, 0.3) is 6.08 Å². The molecular formula is C24H12F6O7. The van der Waals surface area contributed by atoms with Gasteiger partial charge in [0.1, 0.15) is 40.3 Å². The van der Waals surface area contributed by atoms with Crippen LogP contribution in [0.2, 0.25) is 0 Å². The van der Waals surface area contributed by atoms with Crippen molar-refractivity contribution >= 4 is 24.0 Å². The first-order valence-corrected chi connectivity index (χ1v) is 9.82. The van der Waals surface area contributed by atoms with Gasteiger partial charge < -0.3 is 19.3 Å². The molecule has 13 heteroatoms. The van der Waals surface area contributed by atoms with E-state index in [1.165, 1.54) is 30.3 Å². The minimum Gasteiger partial charge on any atom is -0.478 e. The standard InChI is InChI=1S/C24H12F6O7/c25-17-9-14(36-23(34)21-18(26)10-15(11-19(21)27)37-24(28,29)30)6-7-16(17)22(33)35-13-4-1-12(2-5-13)3-8-20(31)32/h1-11H,(H,31,32)/b8-3+. The van der Waals surface area contributed by atoms with Crippen LogP contribution in [-0.4, -0.2) is 29.4 Å². The maximum absolute atomic E-state index is 14.4. The Labute approximate surface area is 203 Å². The maximum Gasteiger partial charge on any atom is 0.573 e. The number of carbonyl (C=O) groups excluding carboxylic acids is 2. The zero-order valence-electron chi connectivity index (χ0n) is 18.0. The van der Waals surface area contributed by atoms with Crippen LogP contribution in [0.1, 0.15) is 26.3 Å². The summed E-state index contributed by atoms with van der Waals surface area (Å²) in [6.07, 6.45) is -3.05. The molecule has 0 aliphatic rings. The number of hydrogen-bond acceptors (Lipinski definition) is 6. The summed E-state index contributed by atoms with van der Waals surface area (Å²) in [5, 5.41) is 8.60. The summed E-state index contributed by atoms with van der Waals surface area (Å²) in [4.78, 5) is 34.9. The predicted molar refractivity (Wildman–Crippen MR) is 112 cm³/mol. The van der Waals surface area contributed by atoms with E-state index in [0.717, 1.165) is 18.2 Å². The van der Waals surface area contributed by atoms with Gasteiger partial charge in [0, 0.05) is 24.3 Å². The molecule has 0 aliphatic carbocycles. The first-order chi connectivity index (χ1) is 17.3. The molecule has 0 spiro atoms. The summed E-state index contributed by atoms with van der Waals surface area (Å²) in [7, 11) is 0. The Balaban J connectivity index is 1.70. The number of alkyl halides is 3. The summed E-state index contributed by atoms with van der Waals surface area (Å²) in [5.41, 5.74) is -1.48. The zero-order valence-corrected chi connectivity index (χ0v) is 18.0. The Morgan fingerprint density at radius 3 is 1.81 bits per heavy atom. The Morgan fingerprint density at radius 1 is 0.730 bits per heavy atom. The van der Waals surface area contributed by atoms with Crippen LogP contribution in [0, 0.1) is 17.5 Å². The maximum atomic E-state index is 14.4. The number of esters is 2. The monoisotopic (exact) mass is 526 g/mol. The van der Waals surface area contributed by atoms with Crippen molar-refractivity contribution in [3.8, 4) is 17.2 Å². The molecule has 3 aromatic carbocycles. The Morgan fingerprint density at radius 2 is 1.27 bits per heavy atom. The molecule has 0 aromatic heterocycles. The van der Waals surface area contributed by atoms with Gasteiger partial charge in [-0.25, -0.2) is 27.6 Å². The van der Waals surface area contributed by atoms with Gasteiger partial charge in [-0.1, -0.05) is 12.1 Å². The van der Waals surface area contributed by atoms with Crippen molar-refractivity contribution in [1.82, 2.24) is 0 Å². The van der Waals surface area contributed by atoms with Crippen LogP contribution in [0.15, 0.2) is 60.7 Å². The second-order valence-electron chi connectivity index (χ2n) is 6.97. The number of ether oxygens (including phenoxy) is 3. The number of aliphatic carboxylic acids is 1. The summed E-state index contributed by atoms with van der Waals surface area (Å²) >= 11 is 0. The highest BCUT2D eigenvalue weighted by atomic mass is 19.4. The van der Waals surface area contributed by atoms with Gasteiger partial charge in [0.05, 0.1) is 5.56 Å². The number of halogens is 6. The highest BCUT2D eigenvalue weighted by molar-refractivity contribution is 5.93. The zero-order chi connectivity index (χ0) is 27.3. The molecule has 0 atom stereocenters. The summed E-state index contributed by atoms with van der Waals surface area (Å²) in [6.45, 7) is 0. The first-order valence-electron chi connectivity index (χ1n) is 9.82. The number of carboxylic acids is 1. The normalized spacial score (nSPS) is 11.3. The van der Waals surface area contributed by atoms with E-state index < -0.39 is 64.3 Å². The second kappa shape index (κ2) is 10.8. The molecular weight excluding hydrogens is 514 g/mol. The van der Waals surface area contributed by atoms with Crippen molar-refractivity contribution in [3.63, 3.8) is 0 Å². The fourth-order valence-electron chi connectivity index (χ4n) is 2.80. The van der Waals surface area contributed by atoms with E-state index in [9.17, 15) is 40.7 Å². The molecule has 0 amide bonds. The summed E-state index contributed by atoms with van der Waals surface area (Å²) in [6, 6.07) is 8.05. The molecule has 1 N–H and O–H groups in total. The number of hydrogen-bond donors (Lipinski definition) is 1. The van der Waals surface area contributed by atoms with E-state index in [1.807, 2.05) is 0 Å². The van der Waals surface area contributed by atoms with Gasteiger partial charge in [-0.15, -0.1) is 13.2 Å². The predicted octanol–water partition coefficient (Wildman–Crippen LogP) is 5.54. The van der Waals surface area contributed by atoms with E-state index >= 15 is 0 Å². The summed E-state index contributed by atoms with van der Waals surface area (Å²) < 4.78 is 92.3. The fourth-order valence-corrected chi connectivity index (χ4v) is 2.80. The lowest BCUT2D eigenvalue weighted by molar-refractivity contribution is -0.274. The van der Waals surface area contributed by atoms with Crippen molar-refractivity contribution in [3.05, 3.63) is 94.8 Å². The van der Waals surface area contributed by atoms with Gasteiger partial charge in [0.25, 0.3) is 0 Å². The van der Waals surface area contributed by atoms with Crippen LogP contribution >= 0.6 is 0 Å². The first kappa shape index (κ1) is 26.8. The van der Waals surface area contributed by atoms with Crippen LogP contribution in [0.5, 0.6) is 17.2 Å². The van der Waals surface area contributed by atoms with Gasteiger partial charge >= 0.3 is 24.3 Å². The average Bonchev–Trinajstić information content (AvgIpc) is 2.77. The third-order valence-electron chi connectivity index (χ3n) is 4.33. The SMILES string of the molecule is O=C(O)/C=C/c1ccc(OC(=O)c2ccc(OC(=O)c3c(F)cc(OC(F)(F)F)cc3F)cc2F)cc1. The van der Waals surface area contributed by atoms with Gasteiger partial charge in [-0.05, 0) is 35.9 Å². The lowest BCUT2D eigenvalue weighted by Gasteiger charge is -2.11. The topological polar surface area (TPSA) is 99.1 Å². The van der Waals surface area contributed by atoms with E-state index in [1.54, 1.807) is 0 Å². The highest BCUT2D eigenvalue weighted by Crippen LogP contribution is 2.28. The Hall–Kier alpha value is -4.81. The van der Waals surface area contributed by atoms with E-state index in [4.69, 9.17) is 9.84 Å². The largest absolute Gasteiger partial charge is 0.573 e. The van der Waals surface area contributed by atoms with Crippen LogP contribution in [0.3, 0.4) is 0 Å². The van der Waals surface area contributed by atoms with Crippen molar-refractivity contribution in [2.45, 2.75) is 6.36 Å². The van der Waals surface area contributed by atoms with Crippen molar-refractivity contribution in [1.29, 1.82) is 0 Å². The van der Waals surface area contributed by atoms with Crippen LogP contribution in [0.4, 0.5) is 26.3 Å². The Bertz CT molecular complexity index is 1360. The highest BCUT2D eigenvalue weighted by Gasteiger charge is 2.32. The van der Waals surface area contributed by atoms with Gasteiger partial charge in [0.2, 0.25) is 0 Å². The van der Waals surface area contributed by atoms with E-state index in [-0.39, 0.29) is 17.9 Å². The van der Waals surface area contributed by atoms with Crippen LogP contribution < -0.4 is 14.2 Å². The van der Waals surface area contributed by atoms with Crippen molar-refractivity contribution in [2.24, 2.45) is 0 Å². The van der Waals surface area contributed by atoms with Crippen molar-refractivity contribution in [2.75, 3.05) is 0 Å². The minimum absolute atomic E-state index is 0.00345. The Kier molecular flexibility index (Phi) is 7.85. The molecule has 37 heavy (non-hydrogen) atoms. The van der Waals surface area contributed by atoms with Gasteiger partial charge in [0.15, 0.2) is 0 Å². The fraction of sp³-hybridized carbons (Fsp3) is 0.0417. The number of carbonyl (C=O) groups is 3. The molecule has 192 valence electrons. The number of rotatable bonds is 7. The lowest BCUT2D eigenvalue weighted by atomic mass is 10.1. The molecule has 3 aromatic rings. The van der Waals surface area contributed by atoms with E-state index in [0.29, 0.717) is 11.6 Å². The number of benzene rings is 3. The average molecular weight is 526 g/mol. The number of carboxylic acid groups (broad SMARTS) is 1. The molecule has 7 nitrogen and oxygen atoms in total. The quantitative estimate of drug-likeness (QED) is 0.187. The molecule has 0 bridgehead atoms. The summed E-state index contributed by atoms with van der Waals surface area (Å²) in [5.74, 6) is -10.5. The van der Waals surface area contributed by atoms with Crippen LogP contribution in [-0.2, 0) is 4.79 Å². The molecule has 0 saturated heterocycles. The molecule has 0 radical (unpaired) electrons. The molecule has 3 rings (SSSR count). The molecule has 0 aliphatic heterocycles. The minimum atomic E-state index is -5.23. The third kappa shape index (κ3) is 7.34. The lowest BCUT2D eigenvalue weighted by Crippen LogP contribution is -2.19. The molecule has 0 unspecified atom stereocenters. The van der Waals surface area contributed by atoms with Crippen molar-refractivity contribution < 1.29 is 60.0 Å². The molecule has 0 heterocycles. The third-order valence-corrected chi connectivity index (χ3v) is 4.33. The van der Waals surface area contributed by atoms with Gasteiger partial charge in [-0.2, -0.15) is 0 Å². The smallest absolute Gasteiger partial charge is 0.478 e. The molecule has 0 saturated carbocycles. The second-order valence-corrected chi connectivity index (χ2v) is 6.97.